The van der Waals surface area contributed by atoms with E-state index in [1.165, 1.54) is 44.2 Å². The standard InChI is InChI=1S/C49H40N4S2/c1-47(2)29-54-45(52-47)42-23-18-34(27-50-42)31-15-20-38-33(25-31)17-22-40-39-21-16-32(35-19-24-43(51-28-35)46-53-48(3,4)30-55-46)26-41(39)49(44(38)40,36-11-7-5-8-12-36)37-13-9-6-10-14-37/h5-28H,29-30H2,1-4H3. The van der Waals surface area contributed by atoms with E-state index in [2.05, 4.69) is 161 Å². The summed E-state index contributed by atoms with van der Waals surface area (Å²) in [5.41, 5.74) is 13.4. The van der Waals surface area contributed by atoms with E-state index in [0.717, 1.165) is 55.2 Å². The quantitative estimate of drug-likeness (QED) is 0.170. The first-order valence-electron chi connectivity index (χ1n) is 18.9. The number of fused-ring (bicyclic) bond motifs is 5. The van der Waals surface area contributed by atoms with Gasteiger partial charge in [0, 0.05) is 35.0 Å². The van der Waals surface area contributed by atoms with Crippen LogP contribution in [0.15, 0.2) is 156 Å². The SMILES string of the molecule is CC1(C)CSC(c2ccc(-c3ccc4c(c3)C(c3ccccc3)(c3ccccc3)c3c-4ccc4cc(-c5ccc(C6=NC(C)(C)CS6)nc5)ccc34)cn2)=N1. The molecule has 2 aliphatic heterocycles. The number of aliphatic imine (C=N–C) groups is 2. The van der Waals surface area contributed by atoms with Crippen molar-refractivity contribution in [3.05, 3.63) is 179 Å². The maximum atomic E-state index is 4.93. The van der Waals surface area contributed by atoms with Gasteiger partial charge in [0.1, 0.15) is 10.1 Å². The minimum atomic E-state index is -0.547. The molecule has 3 aliphatic rings. The van der Waals surface area contributed by atoms with Gasteiger partial charge >= 0.3 is 0 Å². The van der Waals surface area contributed by atoms with Gasteiger partial charge in [-0.1, -0.05) is 109 Å². The summed E-state index contributed by atoms with van der Waals surface area (Å²) < 4.78 is 0. The Morgan fingerprint density at radius 2 is 1.00 bits per heavy atom. The Balaban J connectivity index is 1.13. The summed E-state index contributed by atoms with van der Waals surface area (Å²) in [5, 5.41) is 4.51. The third kappa shape index (κ3) is 5.77. The average Bonchev–Trinajstić information content (AvgIpc) is 3.88. The fraction of sp³-hybridized carbons (Fsp3) is 0.184. The van der Waals surface area contributed by atoms with Crippen molar-refractivity contribution in [3.63, 3.8) is 0 Å². The molecule has 2 aromatic heterocycles. The minimum absolute atomic E-state index is 0.0421. The van der Waals surface area contributed by atoms with Gasteiger partial charge in [-0.3, -0.25) is 20.0 Å². The predicted octanol–water partition coefficient (Wildman–Crippen LogP) is 11.9. The highest BCUT2D eigenvalue weighted by Crippen LogP contribution is 2.58. The third-order valence-electron chi connectivity index (χ3n) is 11.1. The number of rotatable bonds is 6. The van der Waals surface area contributed by atoms with E-state index in [-0.39, 0.29) is 11.1 Å². The second-order valence-corrected chi connectivity index (χ2v) is 18.0. The Labute approximate surface area is 331 Å². The van der Waals surface area contributed by atoms with Crippen molar-refractivity contribution in [2.75, 3.05) is 11.5 Å². The average molecular weight is 749 g/mol. The molecule has 0 spiro atoms. The second-order valence-electron chi connectivity index (χ2n) is 16.1. The first-order chi connectivity index (χ1) is 26.7. The summed E-state index contributed by atoms with van der Waals surface area (Å²) in [6.07, 6.45) is 4.01. The van der Waals surface area contributed by atoms with E-state index in [0.29, 0.717) is 0 Å². The Hall–Kier alpha value is -5.30. The van der Waals surface area contributed by atoms with E-state index in [1.54, 1.807) is 23.5 Å². The van der Waals surface area contributed by atoms with Gasteiger partial charge in [-0.25, -0.2) is 0 Å². The van der Waals surface area contributed by atoms with Gasteiger partial charge in [0.2, 0.25) is 0 Å². The topological polar surface area (TPSA) is 50.5 Å². The predicted molar refractivity (Wildman–Crippen MR) is 234 cm³/mol. The van der Waals surface area contributed by atoms with Crippen LogP contribution in [0.4, 0.5) is 0 Å². The molecular formula is C49H40N4S2. The summed E-state index contributed by atoms with van der Waals surface area (Å²) in [4.78, 5) is 19.6. The van der Waals surface area contributed by atoms with Crippen molar-refractivity contribution in [1.29, 1.82) is 0 Å². The maximum Gasteiger partial charge on any atom is 0.117 e. The minimum Gasteiger partial charge on any atom is -0.269 e. The van der Waals surface area contributed by atoms with Crippen LogP contribution < -0.4 is 0 Å². The van der Waals surface area contributed by atoms with Crippen molar-refractivity contribution in [3.8, 4) is 33.4 Å². The van der Waals surface area contributed by atoms with Gasteiger partial charge in [0.15, 0.2) is 0 Å². The van der Waals surface area contributed by atoms with Gasteiger partial charge in [0.05, 0.1) is 27.9 Å². The molecule has 55 heavy (non-hydrogen) atoms. The van der Waals surface area contributed by atoms with E-state index in [1.807, 2.05) is 12.4 Å². The lowest BCUT2D eigenvalue weighted by molar-refractivity contribution is 0.604. The molecule has 0 amide bonds. The number of hydrogen-bond donors (Lipinski definition) is 0. The first kappa shape index (κ1) is 34.2. The molecule has 0 saturated heterocycles. The van der Waals surface area contributed by atoms with Crippen molar-refractivity contribution in [2.45, 2.75) is 44.2 Å². The van der Waals surface area contributed by atoms with Gasteiger partial charge < -0.3 is 0 Å². The fourth-order valence-electron chi connectivity index (χ4n) is 8.50. The molecule has 6 heteroatoms. The smallest absolute Gasteiger partial charge is 0.117 e. The van der Waals surface area contributed by atoms with Crippen molar-refractivity contribution in [2.24, 2.45) is 9.98 Å². The zero-order valence-electron chi connectivity index (χ0n) is 31.4. The number of thioether (sulfide) groups is 2. The lowest BCUT2D eigenvalue weighted by atomic mass is 9.66. The molecule has 268 valence electrons. The zero-order chi connectivity index (χ0) is 37.4. The first-order valence-corrected chi connectivity index (χ1v) is 20.9. The summed E-state index contributed by atoms with van der Waals surface area (Å²) in [7, 11) is 0. The Kier molecular flexibility index (Phi) is 8.02. The molecule has 0 unspecified atom stereocenters. The highest BCUT2D eigenvalue weighted by Gasteiger charge is 2.47. The van der Waals surface area contributed by atoms with Crippen molar-refractivity contribution in [1.82, 2.24) is 9.97 Å². The number of benzene rings is 5. The molecule has 4 heterocycles. The van der Waals surface area contributed by atoms with Crippen LogP contribution in [0.3, 0.4) is 0 Å². The summed E-state index contributed by atoms with van der Waals surface area (Å²) in [6.45, 7) is 8.72. The van der Waals surface area contributed by atoms with Gasteiger partial charge in [0.25, 0.3) is 0 Å². The van der Waals surface area contributed by atoms with Crippen LogP contribution in [-0.4, -0.2) is 42.6 Å². The number of pyridine rings is 2. The lowest BCUT2D eigenvalue weighted by Crippen LogP contribution is -2.28. The lowest BCUT2D eigenvalue weighted by Gasteiger charge is -2.35. The molecule has 0 fully saturated rings. The normalized spacial score (nSPS) is 17.5. The third-order valence-corrected chi connectivity index (χ3v) is 13.9. The van der Waals surface area contributed by atoms with Crippen LogP contribution in [0.1, 0.15) is 61.3 Å². The largest absolute Gasteiger partial charge is 0.269 e. The van der Waals surface area contributed by atoms with Crippen LogP contribution in [0.2, 0.25) is 0 Å². The number of aromatic nitrogens is 2. The number of hydrogen-bond acceptors (Lipinski definition) is 6. The van der Waals surface area contributed by atoms with E-state index < -0.39 is 5.41 Å². The monoisotopic (exact) mass is 748 g/mol. The zero-order valence-corrected chi connectivity index (χ0v) is 33.0. The van der Waals surface area contributed by atoms with Crippen LogP contribution in [0, 0.1) is 0 Å². The van der Waals surface area contributed by atoms with Crippen LogP contribution in [-0.2, 0) is 5.41 Å². The Morgan fingerprint density at radius 1 is 0.491 bits per heavy atom. The molecule has 0 saturated carbocycles. The summed E-state index contributed by atoms with van der Waals surface area (Å²) in [5.74, 6) is 1.96. The molecule has 7 aromatic rings. The molecule has 4 nitrogen and oxygen atoms in total. The van der Waals surface area contributed by atoms with Gasteiger partial charge in [-0.2, -0.15) is 0 Å². The van der Waals surface area contributed by atoms with E-state index >= 15 is 0 Å². The van der Waals surface area contributed by atoms with E-state index in [4.69, 9.17) is 20.0 Å². The summed E-state index contributed by atoms with van der Waals surface area (Å²) in [6, 6.07) is 49.3. The second kappa shape index (κ2) is 12.9. The molecule has 0 N–H and O–H groups in total. The number of nitrogens with zero attached hydrogens (tertiary/aromatic N) is 4. The molecule has 5 aromatic carbocycles. The molecule has 0 radical (unpaired) electrons. The van der Waals surface area contributed by atoms with Gasteiger partial charge in [-0.05, 0) is 107 Å². The molecule has 0 bridgehead atoms. The summed E-state index contributed by atoms with van der Waals surface area (Å²) >= 11 is 3.59. The molecule has 1 aliphatic carbocycles. The molecule has 10 rings (SSSR count). The fourth-order valence-corrected chi connectivity index (χ4v) is 10.8. The van der Waals surface area contributed by atoms with Crippen LogP contribution >= 0.6 is 23.5 Å². The Morgan fingerprint density at radius 3 is 1.51 bits per heavy atom. The van der Waals surface area contributed by atoms with Crippen LogP contribution in [0.25, 0.3) is 44.2 Å². The van der Waals surface area contributed by atoms with E-state index in [9.17, 15) is 0 Å². The molecule has 0 atom stereocenters. The van der Waals surface area contributed by atoms with Crippen molar-refractivity contribution >= 4 is 44.4 Å². The van der Waals surface area contributed by atoms with Crippen LogP contribution in [0.5, 0.6) is 0 Å². The Bertz CT molecular complexity index is 2640. The van der Waals surface area contributed by atoms with Gasteiger partial charge in [-0.15, -0.1) is 23.5 Å². The highest BCUT2D eigenvalue weighted by molar-refractivity contribution is 8.15. The molecular weight excluding hydrogens is 709 g/mol. The highest BCUT2D eigenvalue weighted by atomic mass is 32.2. The van der Waals surface area contributed by atoms with Crippen molar-refractivity contribution < 1.29 is 0 Å². The maximum absolute atomic E-state index is 4.93.